The number of rotatable bonds is 8. The van der Waals surface area contributed by atoms with E-state index in [2.05, 4.69) is 12.1 Å². The molecule has 1 aliphatic rings. The number of aryl methyl sites for hydroxylation is 1. The minimum atomic E-state index is -3.62. The van der Waals surface area contributed by atoms with Gasteiger partial charge in [-0.3, -0.25) is 0 Å². The van der Waals surface area contributed by atoms with Gasteiger partial charge in [-0.2, -0.15) is 4.31 Å². The summed E-state index contributed by atoms with van der Waals surface area (Å²) < 4.78 is 43.6. The van der Waals surface area contributed by atoms with E-state index in [0.717, 1.165) is 31.4 Å². The highest BCUT2D eigenvalue weighted by Gasteiger charge is 2.31. The first-order chi connectivity index (χ1) is 14.0. The Balaban J connectivity index is 1.60. The van der Waals surface area contributed by atoms with Gasteiger partial charge in [-0.1, -0.05) is 12.1 Å². The third-order valence-corrected chi connectivity index (χ3v) is 7.48. The average Bonchev–Trinajstić information content (AvgIpc) is 2.77. The Morgan fingerprint density at radius 2 is 1.52 bits per heavy atom. The highest BCUT2D eigenvalue weighted by molar-refractivity contribution is 7.89. The average molecular weight is 420 g/mol. The summed E-state index contributed by atoms with van der Waals surface area (Å²) in [5.74, 6) is 2.22. The van der Waals surface area contributed by atoms with Crippen LogP contribution in [0.1, 0.15) is 24.8 Å². The van der Waals surface area contributed by atoms with Crippen molar-refractivity contribution in [3.05, 3.63) is 48.0 Å². The Morgan fingerprint density at radius 1 is 0.897 bits per heavy atom. The fraction of sp³-hybridized carbons (Fsp3) is 0.455. The smallest absolute Gasteiger partial charge is 0.246 e. The fourth-order valence-corrected chi connectivity index (χ4v) is 5.37. The van der Waals surface area contributed by atoms with E-state index in [1.807, 2.05) is 12.1 Å². The summed E-state index contributed by atoms with van der Waals surface area (Å²) in [6.07, 6.45) is 3.77. The number of methoxy groups -OCH3 is 3. The predicted octanol–water partition coefficient (Wildman–Crippen LogP) is 3.75. The third kappa shape index (κ3) is 5.03. The summed E-state index contributed by atoms with van der Waals surface area (Å²) in [7, 11) is 1.04. The highest BCUT2D eigenvalue weighted by Crippen LogP contribution is 2.33. The van der Waals surface area contributed by atoms with E-state index >= 15 is 0 Å². The Hall–Kier alpha value is -2.25. The standard InChI is InChI=1S/C22H29NO5S/c1-26-19-8-6-17(7-9-19)4-5-18-12-14-23(15-13-18)29(24,25)22-16-20(27-2)10-11-21(22)28-3/h6-11,16,18H,4-5,12-15H2,1-3H3. The summed E-state index contributed by atoms with van der Waals surface area (Å²) in [4.78, 5) is 0.163. The van der Waals surface area contributed by atoms with Crippen LogP contribution in [0.2, 0.25) is 0 Å². The number of piperidine rings is 1. The topological polar surface area (TPSA) is 65.1 Å². The Kier molecular flexibility index (Phi) is 7.03. The second kappa shape index (κ2) is 9.50. The molecule has 3 rings (SSSR count). The molecule has 29 heavy (non-hydrogen) atoms. The highest BCUT2D eigenvalue weighted by atomic mass is 32.2. The van der Waals surface area contributed by atoms with Gasteiger partial charge < -0.3 is 14.2 Å². The Labute approximate surface area is 173 Å². The predicted molar refractivity (Wildman–Crippen MR) is 112 cm³/mol. The lowest BCUT2D eigenvalue weighted by molar-refractivity contribution is 0.263. The molecule has 0 amide bonds. The van der Waals surface area contributed by atoms with Crippen molar-refractivity contribution >= 4 is 10.0 Å². The van der Waals surface area contributed by atoms with Gasteiger partial charge in [-0.15, -0.1) is 0 Å². The monoisotopic (exact) mass is 419 g/mol. The zero-order chi connectivity index (χ0) is 20.9. The van der Waals surface area contributed by atoms with Gasteiger partial charge in [0.15, 0.2) is 0 Å². The van der Waals surface area contributed by atoms with Crippen LogP contribution in [0, 0.1) is 5.92 Å². The molecule has 0 saturated carbocycles. The van der Waals surface area contributed by atoms with Crippen LogP contribution in [0.15, 0.2) is 47.4 Å². The van der Waals surface area contributed by atoms with Crippen molar-refractivity contribution in [3.8, 4) is 17.2 Å². The van der Waals surface area contributed by atoms with E-state index in [-0.39, 0.29) is 4.90 Å². The van der Waals surface area contributed by atoms with E-state index in [4.69, 9.17) is 14.2 Å². The first kappa shape index (κ1) is 21.5. The molecule has 0 unspecified atom stereocenters. The first-order valence-corrected chi connectivity index (χ1v) is 11.3. The van der Waals surface area contributed by atoms with Crippen molar-refractivity contribution in [2.45, 2.75) is 30.6 Å². The summed E-state index contributed by atoms with van der Waals surface area (Å²) in [5, 5.41) is 0. The molecule has 0 radical (unpaired) electrons. The lowest BCUT2D eigenvalue weighted by Gasteiger charge is -2.31. The largest absolute Gasteiger partial charge is 0.497 e. The molecule has 6 nitrogen and oxygen atoms in total. The zero-order valence-corrected chi connectivity index (χ0v) is 18.1. The molecule has 1 heterocycles. The maximum Gasteiger partial charge on any atom is 0.246 e. The van der Waals surface area contributed by atoms with Crippen molar-refractivity contribution in [3.63, 3.8) is 0 Å². The minimum Gasteiger partial charge on any atom is -0.497 e. The van der Waals surface area contributed by atoms with Crippen LogP contribution in [-0.2, 0) is 16.4 Å². The first-order valence-electron chi connectivity index (χ1n) is 9.83. The molecule has 2 aromatic carbocycles. The van der Waals surface area contributed by atoms with Gasteiger partial charge in [0.05, 0.1) is 21.3 Å². The van der Waals surface area contributed by atoms with Gasteiger partial charge in [0, 0.05) is 19.2 Å². The fourth-order valence-electron chi connectivity index (χ4n) is 3.73. The van der Waals surface area contributed by atoms with E-state index in [0.29, 0.717) is 30.5 Å². The molecule has 0 aromatic heterocycles. The number of sulfonamides is 1. The van der Waals surface area contributed by atoms with E-state index in [1.165, 1.54) is 25.8 Å². The summed E-state index contributed by atoms with van der Waals surface area (Å²) >= 11 is 0. The van der Waals surface area contributed by atoms with Crippen molar-refractivity contribution < 1.29 is 22.6 Å². The molecule has 1 saturated heterocycles. The Bertz CT molecular complexity index is 903. The summed E-state index contributed by atoms with van der Waals surface area (Å²) in [6.45, 7) is 1.05. The molecule has 158 valence electrons. The lowest BCUT2D eigenvalue weighted by Crippen LogP contribution is -2.38. The molecule has 0 atom stereocenters. The van der Waals surface area contributed by atoms with E-state index in [9.17, 15) is 8.42 Å². The second-order valence-corrected chi connectivity index (χ2v) is 9.16. The van der Waals surface area contributed by atoms with Crippen LogP contribution in [0.5, 0.6) is 17.2 Å². The van der Waals surface area contributed by atoms with Crippen molar-refractivity contribution in [2.24, 2.45) is 5.92 Å². The van der Waals surface area contributed by atoms with Crippen LogP contribution < -0.4 is 14.2 Å². The lowest BCUT2D eigenvalue weighted by atomic mass is 9.91. The van der Waals surface area contributed by atoms with Gasteiger partial charge in [-0.25, -0.2) is 8.42 Å². The van der Waals surface area contributed by atoms with Gasteiger partial charge in [-0.05, 0) is 61.4 Å². The molecule has 0 aliphatic carbocycles. The number of ether oxygens (including phenoxy) is 3. The molecule has 1 fully saturated rings. The molecule has 0 bridgehead atoms. The molecular weight excluding hydrogens is 390 g/mol. The van der Waals surface area contributed by atoms with E-state index < -0.39 is 10.0 Å². The number of benzene rings is 2. The maximum atomic E-state index is 13.2. The number of hydrogen-bond acceptors (Lipinski definition) is 5. The molecule has 7 heteroatoms. The Morgan fingerprint density at radius 3 is 2.10 bits per heavy atom. The molecule has 0 N–H and O–H groups in total. The van der Waals surface area contributed by atoms with Gasteiger partial charge in [0.25, 0.3) is 0 Å². The van der Waals surface area contributed by atoms with Crippen LogP contribution in [0.3, 0.4) is 0 Å². The minimum absolute atomic E-state index is 0.163. The second-order valence-electron chi connectivity index (χ2n) is 7.25. The molecule has 1 aliphatic heterocycles. The van der Waals surface area contributed by atoms with Crippen molar-refractivity contribution in [1.29, 1.82) is 0 Å². The van der Waals surface area contributed by atoms with Crippen LogP contribution in [0.25, 0.3) is 0 Å². The quantitative estimate of drug-likeness (QED) is 0.652. The third-order valence-electron chi connectivity index (χ3n) is 5.56. The van der Waals surface area contributed by atoms with Gasteiger partial charge in [0.1, 0.15) is 22.1 Å². The molecule has 2 aromatic rings. The molecular formula is C22H29NO5S. The zero-order valence-electron chi connectivity index (χ0n) is 17.3. The SMILES string of the molecule is COc1ccc(CCC2CCN(S(=O)(=O)c3cc(OC)ccc3OC)CC2)cc1. The maximum absolute atomic E-state index is 13.2. The van der Waals surface area contributed by atoms with Crippen molar-refractivity contribution in [1.82, 2.24) is 4.31 Å². The van der Waals surface area contributed by atoms with Gasteiger partial charge in [0.2, 0.25) is 10.0 Å². The number of nitrogens with zero attached hydrogens (tertiary/aromatic N) is 1. The normalized spacial score (nSPS) is 15.8. The summed E-state index contributed by atoms with van der Waals surface area (Å²) in [6, 6.07) is 13.0. The van der Waals surface area contributed by atoms with Crippen LogP contribution in [0.4, 0.5) is 0 Å². The van der Waals surface area contributed by atoms with Crippen LogP contribution >= 0.6 is 0 Å². The van der Waals surface area contributed by atoms with Crippen molar-refractivity contribution in [2.75, 3.05) is 34.4 Å². The number of hydrogen-bond donors (Lipinski definition) is 0. The van der Waals surface area contributed by atoms with E-state index in [1.54, 1.807) is 23.5 Å². The van der Waals surface area contributed by atoms with Gasteiger partial charge >= 0.3 is 0 Å². The summed E-state index contributed by atoms with van der Waals surface area (Å²) in [5.41, 5.74) is 1.28. The van der Waals surface area contributed by atoms with Crippen LogP contribution in [-0.4, -0.2) is 47.1 Å². The molecule has 0 spiro atoms.